The number of benzene rings is 1. The van der Waals surface area contributed by atoms with Gasteiger partial charge in [-0.05, 0) is 18.6 Å². The van der Waals surface area contributed by atoms with Crippen molar-refractivity contribution in [3.63, 3.8) is 0 Å². The van der Waals surface area contributed by atoms with Gasteiger partial charge in [-0.1, -0.05) is 12.1 Å². The maximum absolute atomic E-state index is 14.0. The van der Waals surface area contributed by atoms with E-state index in [1.165, 1.54) is 12.1 Å². The Kier molecular flexibility index (Phi) is 4.16. The van der Waals surface area contributed by atoms with Crippen molar-refractivity contribution in [3.05, 3.63) is 35.7 Å². The van der Waals surface area contributed by atoms with Gasteiger partial charge in [-0.25, -0.2) is 9.18 Å². The lowest BCUT2D eigenvalue weighted by Crippen LogP contribution is -2.24. The number of anilines is 1. The van der Waals surface area contributed by atoms with Gasteiger partial charge in [0, 0.05) is 31.8 Å². The topological polar surface area (TPSA) is 49.8 Å². The lowest BCUT2D eigenvalue weighted by molar-refractivity contribution is -0.131. The van der Waals surface area contributed by atoms with E-state index < -0.39 is 5.97 Å². The number of rotatable bonds is 4. The molecule has 1 aromatic carbocycles. The number of nitrogens with zero attached hydrogens (tertiary/aromatic N) is 1. The molecule has 4 nitrogen and oxygen atoms in total. The van der Waals surface area contributed by atoms with Crippen LogP contribution in [-0.2, 0) is 9.53 Å². The van der Waals surface area contributed by atoms with Gasteiger partial charge in [-0.3, -0.25) is 0 Å². The third-order valence-corrected chi connectivity index (χ3v) is 3.22. The number of halogens is 1. The Morgan fingerprint density at radius 3 is 3.00 bits per heavy atom. The summed E-state index contributed by atoms with van der Waals surface area (Å²) < 4.78 is 19.3. The second-order valence-electron chi connectivity index (χ2n) is 4.44. The summed E-state index contributed by atoms with van der Waals surface area (Å²) in [4.78, 5) is 12.5. The largest absolute Gasteiger partial charge is 0.478 e. The molecular formula is C14H16FNO3. The lowest BCUT2D eigenvalue weighted by Gasteiger charge is -2.21. The average Bonchev–Trinajstić information content (AvgIpc) is 2.84. The predicted octanol–water partition coefficient (Wildman–Crippen LogP) is 2.15. The normalized spacial score (nSPS) is 19.3. The van der Waals surface area contributed by atoms with Gasteiger partial charge in [0.2, 0.25) is 0 Å². The van der Waals surface area contributed by atoms with Crippen molar-refractivity contribution in [2.75, 3.05) is 25.1 Å². The summed E-state index contributed by atoms with van der Waals surface area (Å²) >= 11 is 0. The summed E-state index contributed by atoms with van der Waals surface area (Å²) in [6.45, 7) is 1.32. The van der Waals surface area contributed by atoms with Gasteiger partial charge in [0.05, 0.1) is 11.8 Å². The zero-order valence-electron chi connectivity index (χ0n) is 10.7. The van der Waals surface area contributed by atoms with E-state index in [-0.39, 0.29) is 11.9 Å². The highest BCUT2D eigenvalue weighted by Crippen LogP contribution is 2.29. The van der Waals surface area contributed by atoms with Crippen LogP contribution < -0.4 is 4.90 Å². The van der Waals surface area contributed by atoms with Crippen LogP contribution >= 0.6 is 0 Å². The van der Waals surface area contributed by atoms with Crippen LogP contribution in [-0.4, -0.2) is 37.4 Å². The van der Waals surface area contributed by atoms with E-state index >= 15 is 0 Å². The van der Waals surface area contributed by atoms with Crippen LogP contribution in [0.1, 0.15) is 12.0 Å². The molecule has 0 spiro atoms. The zero-order valence-corrected chi connectivity index (χ0v) is 10.7. The molecule has 1 heterocycles. The molecular weight excluding hydrogens is 249 g/mol. The van der Waals surface area contributed by atoms with Crippen molar-refractivity contribution in [2.45, 2.75) is 12.5 Å². The monoisotopic (exact) mass is 265 g/mol. The van der Waals surface area contributed by atoms with Crippen LogP contribution in [0.5, 0.6) is 0 Å². The molecule has 1 aliphatic heterocycles. The Morgan fingerprint density at radius 1 is 1.58 bits per heavy atom. The number of ether oxygens (including phenoxy) is 1. The number of methoxy groups -OCH3 is 1. The van der Waals surface area contributed by atoms with E-state index in [0.29, 0.717) is 24.3 Å². The van der Waals surface area contributed by atoms with Gasteiger partial charge in [-0.2, -0.15) is 0 Å². The van der Waals surface area contributed by atoms with Gasteiger partial charge in [0.15, 0.2) is 0 Å². The van der Waals surface area contributed by atoms with E-state index in [0.717, 1.165) is 12.5 Å². The molecule has 1 saturated heterocycles. The first-order valence-electron chi connectivity index (χ1n) is 6.09. The number of carboxylic acid groups (broad SMARTS) is 1. The van der Waals surface area contributed by atoms with Crippen LogP contribution in [0.2, 0.25) is 0 Å². The third kappa shape index (κ3) is 3.12. The molecule has 0 amide bonds. The van der Waals surface area contributed by atoms with Gasteiger partial charge >= 0.3 is 5.97 Å². The second-order valence-corrected chi connectivity index (χ2v) is 4.44. The summed E-state index contributed by atoms with van der Waals surface area (Å²) in [6, 6.07) is 4.66. The summed E-state index contributed by atoms with van der Waals surface area (Å²) in [6.07, 6.45) is 3.37. The first kappa shape index (κ1) is 13.5. The quantitative estimate of drug-likeness (QED) is 0.847. The van der Waals surface area contributed by atoms with E-state index in [1.807, 2.05) is 4.90 Å². The van der Waals surface area contributed by atoms with Crippen LogP contribution in [0.3, 0.4) is 0 Å². The molecule has 1 aliphatic rings. The molecule has 0 radical (unpaired) electrons. The molecule has 2 rings (SSSR count). The number of para-hydroxylation sites is 1. The predicted molar refractivity (Wildman–Crippen MR) is 70.7 cm³/mol. The number of carbonyl (C=O) groups is 1. The first-order chi connectivity index (χ1) is 9.11. The standard InChI is InChI=1S/C14H16FNO3/c1-19-11-7-8-16(9-11)14-10(5-6-13(17)18)3-2-4-12(14)15/h2-6,11H,7-9H2,1H3,(H,17,18)/b6-5+. The van der Waals surface area contributed by atoms with E-state index in [9.17, 15) is 9.18 Å². The minimum absolute atomic E-state index is 0.0934. The Bertz CT molecular complexity index is 501. The highest BCUT2D eigenvalue weighted by molar-refractivity contribution is 5.87. The number of aliphatic carboxylic acids is 1. The molecule has 0 aromatic heterocycles. The fraction of sp³-hybridized carbons (Fsp3) is 0.357. The van der Waals surface area contributed by atoms with Gasteiger partial charge in [0.1, 0.15) is 5.82 Å². The number of carboxylic acids is 1. The molecule has 5 heteroatoms. The van der Waals surface area contributed by atoms with E-state index in [1.54, 1.807) is 19.2 Å². The summed E-state index contributed by atoms with van der Waals surface area (Å²) in [7, 11) is 1.64. The fourth-order valence-electron chi connectivity index (χ4n) is 2.28. The fourth-order valence-corrected chi connectivity index (χ4v) is 2.28. The Morgan fingerprint density at radius 2 is 2.37 bits per heavy atom. The maximum Gasteiger partial charge on any atom is 0.328 e. The molecule has 102 valence electrons. The smallest absolute Gasteiger partial charge is 0.328 e. The van der Waals surface area contributed by atoms with Gasteiger partial charge in [0.25, 0.3) is 0 Å². The Hall–Kier alpha value is -1.88. The SMILES string of the molecule is COC1CCN(c2c(F)cccc2/C=C/C(=O)O)C1. The Balaban J connectivity index is 2.30. The summed E-state index contributed by atoms with van der Waals surface area (Å²) in [5.41, 5.74) is 1.01. The van der Waals surface area contributed by atoms with Crippen molar-refractivity contribution < 1.29 is 19.0 Å². The molecule has 0 saturated carbocycles. The summed E-state index contributed by atoms with van der Waals surface area (Å²) in [5, 5.41) is 8.67. The number of hydrogen-bond acceptors (Lipinski definition) is 3. The lowest BCUT2D eigenvalue weighted by atomic mass is 10.1. The molecule has 1 atom stereocenters. The Labute approximate surface area is 111 Å². The van der Waals surface area contributed by atoms with Crippen LogP contribution in [0, 0.1) is 5.82 Å². The first-order valence-corrected chi connectivity index (χ1v) is 6.09. The zero-order chi connectivity index (χ0) is 13.8. The molecule has 1 N–H and O–H groups in total. The van der Waals surface area contributed by atoms with Crippen LogP contribution in [0.25, 0.3) is 6.08 Å². The third-order valence-electron chi connectivity index (χ3n) is 3.22. The molecule has 1 aromatic rings. The highest BCUT2D eigenvalue weighted by Gasteiger charge is 2.25. The molecule has 0 bridgehead atoms. The average molecular weight is 265 g/mol. The molecule has 19 heavy (non-hydrogen) atoms. The molecule has 1 unspecified atom stereocenters. The van der Waals surface area contributed by atoms with Crippen molar-refractivity contribution in [3.8, 4) is 0 Å². The summed E-state index contributed by atoms with van der Waals surface area (Å²) in [5.74, 6) is -1.39. The minimum Gasteiger partial charge on any atom is -0.478 e. The van der Waals surface area contributed by atoms with Crippen LogP contribution in [0.4, 0.5) is 10.1 Å². The van der Waals surface area contributed by atoms with E-state index in [4.69, 9.17) is 9.84 Å². The maximum atomic E-state index is 14.0. The number of hydrogen-bond donors (Lipinski definition) is 1. The molecule has 1 fully saturated rings. The van der Waals surface area contributed by atoms with Crippen LogP contribution in [0.15, 0.2) is 24.3 Å². The van der Waals surface area contributed by atoms with Crippen molar-refractivity contribution in [1.29, 1.82) is 0 Å². The van der Waals surface area contributed by atoms with Crippen molar-refractivity contribution in [1.82, 2.24) is 0 Å². The van der Waals surface area contributed by atoms with Crippen molar-refractivity contribution in [2.24, 2.45) is 0 Å². The highest BCUT2D eigenvalue weighted by atomic mass is 19.1. The van der Waals surface area contributed by atoms with Gasteiger partial charge in [-0.15, -0.1) is 0 Å². The minimum atomic E-state index is -1.05. The van der Waals surface area contributed by atoms with Gasteiger partial charge < -0.3 is 14.7 Å². The second kappa shape index (κ2) is 5.84. The van der Waals surface area contributed by atoms with E-state index in [2.05, 4.69) is 0 Å². The molecule has 0 aliphatic carbocycles. The van der Waals surface area contributed by atoms with Crippen molar-refractivity contribution >= 4 is 17.7 Å².